The number of hydroxylamine groups is 1. The normalized spacial score (nSPS) is 20.0. The lowest BCUT2D eigenvalue weighted by molar-refractivity contribution is -0.137. The van der Waals surface area contributed by atoms with E-state index in [1.165, 1.54) is 28.0 Å². The minimum Gasteiger partial charge on any atom is -0.289 e. The smallest absolute Gasteiger partial charge is 0.289 e. The van der Waals surface area contributed by atoms with Crippen LogP contribution in [0.2, 0.25) is 0 Å². The van der Waals surface area contributed by atoms with E-state index >= 15 is 4.39 Å². The number of halogens is 4. The van der Waals surface area contributed by atoms with Gasteiger partial charge in [-0.25, -0.2) is 14.7 Å². The van der Waals surface area contributed by atoms with Crippen molar-refractivity contribution < 1.29 is 32.0 Å². The molecule has 0 spiro atoms. The number of amides is 3. The van der Waals surface area contributed by atoms with Crippen molar-refractivity contribution in [2.45, 2.75) is 90.6 Å². The summed E-state index contributed by atoms with van der Waals surface area (Å²) in [7, 11) is 0. The average molecular weight is 575 g/mol. The molecule has 1 saturated carbocycles. The molecule has 1 heterocycles. The van der Waals surface area contributed by atoms with E-state index in [1.54, 1.807) is 6.07 Å². The largest absolute Gasteiger partial charge is 0.417 e. The lowest BCUT2D eigenvalue weighted by Gasteiger charge is -2.32. The van der Waals surface area contributed by atoms with E-state index in [-0.39, 0.29) is 28.5 Å². The van der Waals surface area contributed by atoms with E-state index in [9.17, 15) is 22.8 Å². The lowest BCUT2D eigenvalue weighted by Crippen LogP contribution is -2.40. The summed E-state index contributed by atoms with van der Waals surface area (Å²) < 4.78 is 56.2. The van der Waals surface area contributed by atoms with E-state index < -0.39 is 47.1 Å². The molecule has 1 unspecified atom stereocenters. The van der Waals surface area contributed by atoms with Gasteiger partial charge in [-0.1, -0.05) is 33.6 Å². The Morgan fingerprint density at radius 1 is 1.07 bits per heavy atom. The van der Waals surface area contributed by atoms with Gasteiger partial charge in [0.05, 0.1) is 40.9 Å². The highest BCUT2D eigenvalue weighted by molar-refractivity contribution is 6.08. The number of nitrogens with zero attached hydrogens (tertiary/aromatic N) is 3. The first kappa shape index (κ1) is 30.3. The van der Waals surface area contributed by atoms with Crippen molar-refractivity contribution in [1.29, 1.82) is 5.26 Å². The summed E-state index contributed by atoms with van der Waals surface area (Å²) >= 11 is 0. The molecule has 3 atom stereocenters. The number of fused-ring (bicyclic) bond motifs is 1. The van der Waals surface area contributed by atoms with Gasteiger partial charge in [0.15, 0.2) is 0 Å². The van der Waals surface area contributed by atoms with Crippen molar-refractivity contribution in [3.8, 4) is 6.07 Å². The Morgan fingerprint density at radius 2 is 1.66 bits per heavy atom. The standard InChI is InChI=1S/C30H34F4N4O3/c1-18(13-14-29(2,3)4)41-36-27(39)22-12-11-21(16-24(22)31)38-26-8-6-5-7-25(26)37(28(38)40)20-10-9-19(17-35)23(15-20)30(32,33)34/h9-12,15-16,18,25-26H,5-8,13-14H2,1-4H3,(H,36,39)/t18?,25-,26-/m1/s1. The molecule has 11 heteroatoms. The Labute approximate surface area is 237 Å². The number of carbonyl (C=O) groups is 2. The number of nitrogens with one attached hydrogen (secondary N) is 1. The fourth-order valence-corrected chi connectivity index (χ4v) is 5.45. The minimum atomic E-state index is -4.77. The highest BCUT2D eigenvalue weighted by Gasteiger charge is 2.48. The topological polar surface area (TPSA) is 85.7 Å². The summed E-state index contributed by atoms with van der Waals surface area (Å²) in [6.07, 6.45) is -0.764. The molecule has 1 aliphatic heterocycles. The van der Waals surface area contributed by atoms with Gasteiger partial charge in [0.25, 0.3) is 5.91 Å². The Morgan fingerprint density at radius 3 is 2.20 bits per heavy atom. The first-order chi connectivity index (χ1) is 19.2. The molecule has 41 heavy (non-hydrogen) atoms. The predicted molar refractivity (Wildman–Crippen MR) is 146 cm³/mol. The highest BCUT2D eigenvalue weighted by Crippen LogP contribution is 2.42. The van der Waals surface area contributed by atoms with E-state index in [0.717, 1.165) is 37.5 Å². The maximum absolute atomic E-state index is 15.2. The molecule has 1 N–H and O–H groups in total. The minimum absolute atomic E-state index is 0.0231. The molecule has 2 aliphatic rings. The Hall–Kier alpha value is -3.65. The zero-order chi connectivity index (χ0) is 30.1. The monoisotopic (exact) mass is 574 g/mol. The Kier molecular flexibility index (Phi) is 8.64. The van der Waals surface area contributed by atoms with Crippen molar-refractivity contribution in [1.82, 2.24) is 5.48 Å². The summed E-state index contributed by atoms with van der Waals surface area (Å²) in [6, 6.07) is 7.15. The molecule has 7 nitrogen and oxygen atoms in total. The molecule has 220 valence electrons. The van der Waals surface area contributed by atoms with Gasteiger partial charge in [0.1, 0.15) is 5.82 Å². The summed E-state index contributed by atoms with van der Waals surface area (Å²) in [5.41, 5.74) is 0.704. The van der Waals surface area contributed by atoms with Crippen LogP contribution in [-0.2, 0) is 11.0 Å². The Bertz CT molecular complexity index is 1350. The van der Waals surface area contributed by atoms with Crippen LogP contribution in [0, 0.1) is 22.6 Å². The molecule has 1 saturated heterocycles. The molecular formula is C30H34F4N4O3. The number of urea groups is 1. The second-order valence-electron chi connectivity index (χ2n) is 11.9. The second-order valence-corrected chi connectivity index (χ2v) is 11.9. The van der Waals surface area contributed by atoms with Crippen molar-refractivity contribution in [3.05, 3.63) is 58.9 Å². The number of alkyl halides is 3. The number of nitriles is 1. The molecule has 1 aliphatic carbocycles. The summed E-state index contributed by atoms with van der Waals surface area (Å²) in [5, 5.41) is 9.16. The molecule has 3 amide bonds. The van der Waals surface area contributed by atoms with Gasteiger partial charge in [0, 0.05) is 11.4 Å². The zero-order valence-corrected chi connectivity index (χ0v) is 23.5. The van der Waals surface area contributed by atoms with Crippen LogP contribution in [0.5, 0.6) is 0 Å². The van der Waals surface area contributed by atoms with Gasteiger partial charge in [-0.15, -0.1) is 0 Å². The van der Waals surface area contributed by atoms with Crippen LogP contribution in [0.15, 0.2) is 36.4 Å². The lowest BCUT2D eigenvalue weighted by atomic mass is 9.89. The second kappa shape index (κ2) is 11.7. The Balaban J connectivity index is 1.56. The van der Waals surface area contributed by atoms with Crippen LogP contribution < -0.4 is 15.3 Å². The van der Waals surface area contributed by atoms with E-state index in [4.69, 9.17) is 10.1 Å². The molecular weight excluding hydrogens is 540 g/mol. The van der Waals surface area contributed by atoms with Gasteiger partial charge in [-0.3, -0.25) is 19.4 Å². The third-order valence-corrected chi connectivity index (χ3v) is 7.61. The molecule has 2 fully saturated rings. The first-order valence-electron chi connectivity index (χ1n) is 13.7. The maximum Gasteiger partial charge on any atom is 0.417 e. The van der Waals surface area contributed by atoms with Crippen LogP contribution in [0.4, 0.5) is 33.7 Å². The van der Waals surface area contributed by atoms with Crippen LogP contribution in [0.25, 0.3) is 0 Å². The summed E-state index contributed by atoms with van der Waals surface area (Å²) in [5.74, 6) is -1.62. The third-order valence-electron chi connectivity index (χ3n) is 7.61. The molecule has 2 aromatic rings. The van der Waals surface area contributed by atoms with E-state index in [0.29, 0.717) is 19.3 Å². The van der Waals surface area contributed by atoms with Crippen LogP contribution >= 0.6 is 0 Å². The van der Waals surface area contributed by atoms with Gasteiger partial charge in [-0.2, -0.15) is 18.4 Å². The predicted octanol–water partition coefficient (Wildman–Crippen LogP) is 7.35. The van der Waals surface area contributed by atoms with Gasteiger partial charge in [-0.05, 0) is 74.4 Å². The van der Waals surface area contributed by atoms with Crippen LogP contribution in [0.3, 0.4) is 0 Å². The van der Waals surface area contributed by atoms with Crippen molar-refractivity contribution in [3.63, 3.8) is 0 Å². The molecule has 0 radical (unpaired) electrons. The fraction of sp³-hybridized carbons (Fsp3) is 0.500. The summed E-state index contributed by atoms with van der Waals surface area (Å²) in [4.78, 5) is 34.4. The van der Waals surface area contributed by atoms with Gasteiger partial charge < -0.3 is 0 Å². The molecule has 0 aromatic heterocycles. The fourth-order valence-electron chi connectivity index (χ4n) is 5.45. The number of anilines is 2. The average Bonchev–Trinajstić information content (AvgIpc) is 3.20. The number of hydrogen-bond acceptors (Lipinski definition) is 4. The van der Waals surface area contributed by atoms with Gasteiger partial charge >= 0.3 is 12.2 Å². The zero-order valence-electron chi connectivity index (χ0n) is 23.5. The number of hydrogen-bond donors (Lipinski definition) is 1. The molecule has 0 bridgehead atoms. The first-order valence-corrected chi connectivity index (χ1v) is 13.7. The number of rotatable bonds is 7. The third kappa shape index (κ3) is 6.64. The number of carbonyl (C=O) groups excluding carboxylic acids is 2. The highest BCUT2D eigenvalue weighted by atomic mass is 19.4. The molecule has 4 rings (SSSR count). The van der Waals surface area contributed by atoms with Crippen molar-refractivity contribution in [2.75, 3.05) is 9.80 Å². The van der Waals surface area contributed by atoms with Gasteiger partial charge in [0.2, 0.25) is 0 Å². The van der Waals surface area contributed by atoms with Crippen LogP contribution in [-0.4, -0.2) is 30.1 Å². The SMILES string of the molecule is CC(CCC(C)(C)C)ONC(=O)c1ccc(N2C(=O)N(c3ccc(C#N)c(C(F)(F)F)c3)[C@@H]3CCCC[C@H]32)cc1F. The van der Waals surface area contributed by atoms with Crippen molar-refractivity contribution in [2.24, 2.45) is 5.41 Å². The maximum atomic E-state index is 15.2. The van der Waals surface area contributed by atoms with E-state index in [1.807, 2.05) is 6.92 Å². The number of benzene rings is 2. The molecule has 2 aromatic carbocycles. The van der Waals surface area contributed by atoms with E-state index in [2.05, 4.69) is 26.3 Å². The quantitative estimate of drug-likeness (QED) is 0.277. The summed E-state index contributed by atoms with van der Waals surface area (Å²) in [6.45, 7) is 8.10. The van der Waals surface area contributed by atoms with Crippen LogP contribution in [0.1, 0.15) is 87.7 Å². The van der Waals surface area contributed by atoms with Crippen molar-refractivity contribution >= 4 is 23.3 Å².